The highest BCUT2D eigenvalue weighted by atomic mass is 16.5. The lowest BCUT2D eigenvalue weighted by Gasteiger charge is -2.37. The smallest absolute Gasteiger partial charge is 0.236 e. The molecule has 11 heteroatoms. The largest absolute Gasteiger partial charge is 0.461 e. The van der Waals surface area contributed by atoms with Gasteiger partial charge in [0.25, 0.3) is 0 Å². The van der Waals surface area contributed by atoms with Crippen LogP contribution in [0, 0.1) is 0 Å². The SMILES string of the molecule is C=CC.CCC.Nc1nc(-c2cccc(N3CCN(C(=O)CN4CCOCC4)CC3)c2)cc2nc(-c3ccco3)nn12. The molecule has 224 valence electrons. The van der Waals surface area contributed by atoms with Crippen LogP contribution in [0.25, 0.3) is 28.5 Å². The molecule has 3 aromatic heterocycles. The number of rotatable bonds is 5. The number of fused-ring (bicyclic) bond motifs is 1. The number of allylic oxidation sites excluding steroid dienone is 1. The van der Waals surface area contributed by atoms with Gasteiger partial charge in [0.1, 0.15) is 0 Å². The quantitative estimate of drug-likeness (QED) is 0.350. The molecule has 1 aromatic carbocycles. The Morgan fingerprint density at radius 3 is 2.40 bits per heavy atom. The highest BCUT2D eigenvalue weighted by Crippen LogP contribution is 2.27. The molecule has 42 heavy (non-hydrogen) atoms. The number of carbonyl (C=O) groups excluding carboxylic acids is 1. The Kier molecular flexibility index (Phi) is 11.1. The Bertz CT molecular complexity index is 1420. The van der Waals surface area contributed by atoms with E-state index in [4.69, 9.17) is 14.9 Å². The second kappa shape index (κ2) is 15.1. The zero-order valence-electron chi connectivity index (χ0n) is 24.9. The third kappa shape index (κ3) is 7.74. The zero-order valence-corrected chi connectivity index (χ0v) is 24.9. The van der Waals surface area contributed by atoms with Crippen LogP contribution >= 0.6 is 0 Å². The summed E-state index contributed by atoms with van der Waals surface area (Å²) in [4.78, 5) is 28.3. The summed E-state index contributed by atoms with van der Waals surface area (Å²) in [6.45, 7) is 16.0. The van der Waals surface area contributed by atoms with E-state index in [1.54, 1.807) is 24.5 Å². The van der Waals surface area contributed by atoms with Gasteiger partial charge in [0.15, 0.2) is 11.4 Å². The summed E-state index contributed by atoms with van der Waals surface area (Å²) in [5.41, 5.74) is 9.56. The Labute approximate surface area is 247 Å². The van der Waals surface area contributed by atoms with E-state index >= 15 is 0 Å². The molecule has 5 heterocycles. The molecule has 2 N–H and O–H groups in total. The van der Waals surface area contributed by atoms with E-state index in [0.29, 0.717) is 50.1 Å². The van der Waals surface area contributed by atoms with Gasteiger partial charge in [0, 0.05) is 56.6 Å². The molecule has 0 bridgehead atoms. The number of piperazine rings is 1. The fourth-order valence-corrected chi connectivity index (χ4v) is 4.70. The van der Waals surface area contributed by atoms with Crippen molar-refractivity contribution in [3.63, 3.8) is 0 Å². The summed E-state index contributed by atoms with van der Waals surface area (Å²) in [5.74, 6) is 1.48. The van der Waals surface area contributed by atoms with E-state index in [0.717, 1.165) is 43.1 Å². The molecule has 0 atom stereocenters. The summed E-state index contributed by atoms with van der Waals surface area (Å²) in [5, 5.41) is 4.41. The molecule has 0 unspecified atom stereocenters. The van der Waals surface area contributed by atoms with Crippen molar-refractivity contribution in [2.75, 3.05) is 69.7 Å². The Hall–Kier alpha value is -4.22. The Morgan fingerprint density at radius 1 is 1.02 bits per heavy atom. The van der Waals surface area contributed by atoms with Crippen molar-refractivity contribution < 1.29 is 13.9 Å². The fourth-order valence-electron chi connectivity index (χ4n) is 4.70. The van der Waals surface area contributed by atoms with Crippen molar-refractivity contribution in [2.24, 2.45) is 0 Å². The maximum Gasteiger partial charge on any atom is 0.236 e. The third-order valence-electron chi connectivity index (χ3n) is 6.69. The summed E-state index contributed by atoms with van der Waals surface area (Å²) in [6, 6.07) is 13.7. The maximum absolute atomic E-state index is 12.8. The van der Waals surface area contributed by atoms with E-state index in [1.165, 1.54) is 10.9 Å². The summed E-state index contributed by atoms with van der Waals surface area (Å²) < 4.78 is 12.3. The predicted octanol–water partition coefficient (Wildman–Crippen LogP) is 4.22. The molecular weight excluding hydrogens is 532 g/mol. The lowest BCUT2D eigenvalue weighted by molar-refractivity contribution is -0.133. The van der Waals surface area contributed by atoms with Gasteiger partial charge in [0.05, 0.1) is 31.7 Å². The van der Waals surface area contributed by atoms with Crippen LogP contribution in [-0.4, -0.2) is 94.3 Å². The molecule has 11 nitrogen and oxygen atoms in total. The fraction of sp³-hybridized carbons (Fsp3) is 0.419. The third-order valence-corrected chi connectivity index (χ3v) is 6.69. The monoisotopic (exact) mass is 574 g/mol. The molecule has 0 aliphatic carbocycles. The van der Waals surface area contributed by atoms with Crippen molar-refractivity contribution in [2.45, 2.75) is 27.2 Å². The average Bonchev–Trinajstić information content (AvgIpc) is 3.70. The van der Waals surface area contributed by atoms with E-state index in [2.05, 4.69) is 57.4 Å². The number of carbonyl (C=O) groups is 1. The van der Waals surface area contributed by atoms with Gasteiger partial charge >= 0.3 is 0 Å². The van der Waals surface area contributed by atoms with Gasteiger partial charge < -0.3 is 24.7 Å². The number of amides is 1. The number of aromatic nitrogens is 4. The first-order valence-corrected chi connectivity index (χ1v) is 14.5. The van der Waals surface area contributed by atoms with Crippen LogP contribution < -0.4 is 10.6 Å². The van der Waals surface area contributed by atoms with Crippen molar-refractivity contribution in [3.8, 4) is 22.8 Å². The van der Waals surface area contributed by atoms with Crippen molar-refractivity contribution in [3.05, 3.63) is 61.4 Å². The number of nitrogen functional groups attached to an aromatic ring is 1. The molecule has 0 spiro atoms. The van der Waals surface area contributed by atoms with Crippen LogP contribution in [0.2, 0.25) is 0 Å². The zero-order chi connectivity index (χ0) is 29.9. The number of morpholine rings is 1. The van der Waals surface area contributed by atoms with Crippen molar-refractivity contribution >= 4 is 23.2 Å². The molecule has 0 saturated carbocycles. The number of ether oxygens (including phenoxy) is 1. The van der Waals surface area contributed by atoms with Crippen molar-refractivity contribution in [1.82, 2.24) is 29.4 Å². The van der Waals surface area contributed by atoms with Crippen LogP contribution in [0.1, 0.15) is 27.2 Å². The average molecular weight is 575 g/mol. The van der Waals surface area contributed by atoms with E-state index in [1.807, 2.05) is 30.0 Å². The predicted molar refractivity (Wildman–Crippen MR) is 166 cm³/mol. The Balaban J connectivity index is 0.000000624. The number of nitrogens with zero attached hydrogens (tertiary/aromatic N) is 7. The number of hydrogen-bond acceptors (Lipinski definition) is 9. The van der Waals surface area contributed by atoms with Gasteiger partial charge in [-0.2, -0.15) is 4.52 Å². The standard InChI is InChI=1S/C25H28N8O3.C3H8.C3H6/c26-25-27-20(16-22-28-24(29-33(22)25)21-5-2-12-36-21)18-3-1-4-19(15-18)31-6-8-32(9-7-31)23(34)17-30-10-13-35-14-11-30;2*1-3-2/h1-5,12,15-16H,6-11,13-14,17H2,(H2,26,27);3H2,1-2H3;3H,1H2,2H3. The van der Waals surface area contributed by atoms with Gasteiger partial charge in [-0.05, 0) is 31.2 Å². The summed E-state index contributed by atoms with van der Waals surface area (Å²) in [6.07, 6.45) is 4.58. The first-order chi connectivity index (χ1) is 20.5. The first kappa shape index (κ1) is 30.7. The molecule has 1 amide bonds. The summed E-state index contributed by atoms with van der Waals surface area (Å²) >= 11 is 0. The second-order valence-electron chi connectivity index (χ2n) is 10.1. The first-order valence-electron chi connectivity index (χ1n) is 14.5. The second-order valence-corrected chi connectivity index (χ2v) is 10.1. The minimum Gasteiger partial charge on any atom is -0.461 e. The minimum absolute atomic E-state index is 0.195. The minimum atomic E-state index is 0.195. The van der Waals surface area contributed by atoms with Gasteiger partial charge in [-0.15, -0.1) is 11.7 Å². The molecule has 2 fully saturated rings. The highest BCUT2D eigenvalue weighted by molar-refractivity contribution is 5.78. The number of furan rings is 1. The number of benzene rings is 1. The van der Waals surface area contributed by atoms with Crippen LogP contribution in [0.4, 0.5) is 11.6 Å². The van der Waals surface area contributed by atoms with E-state index < -0.39 is 0 Å². The number of nitrogens with two attached hydrogens (primary N) is 1. The van der Waals surface area contributed by atoms with Gasteiger partial charge in [0.2, 0.25) is 17.7 Å². The van der Waals surface area contributed by atoms with E-state index in [9.17, 15) is 4.79 Å². The number of hydrogen-bond donors (Lipinski definition) is 1. The molecule has 6 rings (SSSR count). The van der Waals surface area contributed by atoms with Crippen LogP contribution in [0.5, 0.6) is 0 Å². The summed E-state index contributed by atoms with van der Waals surface area (Å²) in [7, 11) is 0. The molecule has 2 saturated heterocycles. The van der Waals surface area contributed by atoms with Crippen LogP contribution in [-0.2, 0) is 9.53 Å². The van der Waals surface area contributed by atoms with Gasteiger partial charge in [-0.1, -0.05) is 38.5 Å². The molecule has 2 aliphatic heterocycles. The van der Waals surface area contributed by atoms with Gasteiger partial charge in [-0.25, -0.2) is 9.97 Å². The maximum atomic E-state index is 12.8. The molecular formula is C31H42N8O3. The van der Waals surface area contributed by atoms with E-state index in [-0.39, 0.29) is 11.9 Å². The molecule has 4 aromatic rings. The molecule has 2 aliphatic rings. The van der Waals surface area contributed by atoms with Crippen LogP contribution in [0.3, 0.4) is 0 Å². The normalized spacial score (nSPS) is 15.4. The van der Waals surface area contributed by atoms with Gasteiger partial charge in [-0.3, -0.25) is 9.69 Å². The molecule has 0 radical (unpaired) electrons. The lowest BCUT2D eigenvalue weighted by Crippen LogP contribution is -2.52. The Morgan fingerprint density at radius 2 is 1.74 bits per heavy atom. The lowest BCUT2D eigenvalue weighted by atomic mass is 10.1. The number of anilines is 2. The highest BCUT2D eigenvalue weighted by Gasteiger charge is 2.24. The van der Waals surface area contributed by atoms with Crippen molar-refractivity contribution in [1.29, 1.82) is 0 Å². The topological polar surface area (TPSA) is 118 Å². The van der Waals surface area contributed by atoms with Crippen LogP contribution in [0.15, 0.2) is 65.8 Å².